The van der Waals surface area contributed by atoms with E-state index in [-0.39, 0.29) is 6.04 Å². The van der Waals surface area contributed by atoms with Crippen LogP contribution in [-0.4, -0.2) is 19.3 Å². The van der Waals surface area contributed by atoms with Gasteiger partial charge in [0.25, 0.3) is 6.64 Å². The third-order valence-electron chi connectivity index (χ3n) is 2.41. The molecule has 0 aromatic heterocycles. The molecule has 1 N–H and O–H groups in total. The maximum Gasteiger partial charge on any atom is 0.261 e. The monoisotopic (exact) mass is 257 g/mol. The fraction of sp³-hybridized carbons (Fsp3) is 0.455. The molecule has 5 heteroatoms. The van der Waals surface area contributed by atoms with Crippen LogP contribution in [-0.2, 0) is 27.3 Å². The SMILES string of the molecule is CCOP1(=S)N[C@@H](Cc2ccccc2)CO1. The molecular formula is C11H16NO2PS. The second-order valence-electron chi connectivity index (χ2n) is 3.73. The Morgan fingerprint density at radius 1 is 1.50 bits per heavy atom. The van der Waals surface area contributed by atoms with E-state index >= 15 is 0 Å². The molecule has 1 unspecified atom stereocenters. The van der Waals surface area contributed by atoms with E-state index in [0.717, 1.165) is 6.42 Å². The van der Waals surface area contributed by atoms with Gasteiger partial charge in [-0.1, -0.05) is 30.3 Å². The highest BCUT2D eigenvalue weighted by atomic mass is 32.5. The van der Waals surface area contributed by atoms with Gasteiger partial charge in [0.1, 0.15) is 0 Å². The maximum atomic E-state index is 5.56. The molecule has 0 saturated carbocycles. The summed E-state index contributed by atoms with van der Waals surface area (Å²) in [6.07, 6.45) is 0.937. The Bertz CT molecular complexity index is 385. The van der Waals surface area contributed by atoms with E-state index in [2.05, 4.69) is 17.2 Å². The topological polar surface area (TPSA) is 30.5 Å². The average molecular weight is 257 g/mol. The highest BCUT2D eigenvalue weighted by molar-refractivity contribution is 8.09. The van der Waals surface area contributed by atoms with Gasteiger partial charge in [-0.2, -0.15) is 0 Å². The molecule has 88 valence electrons. The Balaban J connectivity index is 1.92. The maximum absolute atomic E-state index is 5.56. The van der Waals surface area contributed by atoms with Gasteiger partial charge >= 0.3 is 0 Å². The number of hydrogen-bond acceptors (Lipinski definition) is 3. The van der Waals surface area contributed by atoms with Gasteiger partial charge in [0.2, 0.25) is 0 Å². The first-order valence-electron chi connectivity index (χ1n) is 5.43. The Morgan fingerprint density at radius 3 is 2.94 bits per heavy atom. The summed E-state index contributed by atoms with van der Waals surface area (Å²) < 4.78 is 11.0. The van der Waals surface area contributed by atoms with Crippen molar-refractivity contribution in [2.75, 3.05) is 13.2 Å². The molecule has 1 aliphatic heterocycles. The quantitative estimate of drug-likeness (QED) is 0.839. The van der Waals surface area contributed by atoms with Crippen molar-refractivity contribution in [3.63, 3.8) is 0 Å². The minimum absolute atomic E-state index is 0.278. The van der Waals surface area contributed by atoms with Crippen molar-refractivity contribution >= 4 is 18.4 Å². The van der Waals surface area contributed by atoms with Crippen LogP contribution in [0.15, 0.2) is 30.3 Å². The number of rotatable bonds is 4. The number of hydrogen-bond donors (Lipinski definition) is 1. The van der Waals surface area contributed by atoms with Gasteiger partial charge in [-0.3, -0.25) is 0 Å². The van der Waals surface area contributed by atoms with Crippen LogP contribution in [0.2, 0.25) is 0 Å². The summed E-state index contributed by atoms with van der Waals surface area (Å²) in [6.45, 7) is 0.999. The lowest BCUT2D eigenvalue weighted by atomic mass is 10.1. The van der Waals surface area contributed by atoms with Crippen LogP contribution in [0.3, 0.4) is 0 Å². The Morgan fingerprint density at radius 2 is 2.25 bits per heavy atom. The van der Waals surface area contributed by atoms with E-state index < -0.39 is 6.64 Å². The molecule has 1 aromatic carbocycles. The standard InChI is InChI=1S/C11H16NO2PS/c1-2-13-15(16)12-11(9-14-15)8-10-6-4-3-5-7-10/h3-7,11H,2,8-9H2,1H3,(H,12,16)/t11-,15?/m0/s1. The molecule has 0 amide bonds. The van der Waals surface area contributed by atoms with Crippen molar-refractivity contribution < 1.29 is 9.05 Å². The summed E-state index contributed by atoms with van der Waals surface area (Å²) in [5, 5.41) is 3.30. The fourth-order valence-electron chi connectivity index (χ4n) is 1.73. The molecule has 3 nitrogen and oxygen atoms in total. The molecule has 0 bridgehead atoms. The predicted molar refractivity (Wildman–Crippen MR) is 68.9 cm³/mol. The molecular weight excluding hydrogens is 241 g/mol. The largest absolute Gasteiger partial charge is 0.318 e. The van der Waals surface area contributed by atoms with Crippen LogP contribution in [0.1, 0.15) is 12.5 Å². The van der Waals surface area contributed by atoms with Crippen LogP contribution in [0.4, 0.5) is 0 Å². The molecule has 2 atom stereocenters. The van der Waals surface area contributed by atoms with Gasteiger partial charge in [-0.15, -0.1) is 0 Å². The highest BCUT2D eigenvalue weighted by Gasteiger charge is 2.31. The van der Waals surface area contributed by atoms with E-state index in [1.165, 1.54) is 5.56 Å². The minimum atomic E-state index is -2.18. The van der Waals surface area contributed by atoms with Crippen molar-refractivity contribution in [3.05, 3.63) is 35.9 Å². The minimum Gasteiger partial charge on any atom is -0.318 e. The number of benzene rings is 1. The van der Waals surface area contributed by atoms with Crippen molar-refractivity contribution in [2.24, 2.45) is 0 Å². The van der Waals surface area contributed by atoms with Crippen molar-refractivity contribution in [3.8, 4) is 0 Å². The molecule has 16 heavy (non-hydrogen) atoms. The normalized spacial score (nSPS) is 29.4. The van der Waals surface area contributed by atoms with E-state index in [1.807, 2.05) is 25.1 Å². The molecule has 1 aromatic rings. The lowest BCUT2D eigenvalue weighted by Gasteiger charge is -2.14. The van der Waals surface area contributed by atoms with Crippen LogP contribution < -0.4 is 5.09 Å². The Labute approximate surface area is 101 Å². The number of nitrogens with one attached hydrogen (secondary N) is 1. The Kier molecular flexibility index (Phi) is 4.11. The fourth-order valence-corrected chi connectivity index (χ4v) is 4.23. The van der Waals surface area contributed by atoms with Gasteiger partial charge in [-0.25, -0.2) is 5.09 Å². The first kappa shape index (κ1) is 12.2. The van der Waals surface area contributed by atoms with Gasteiger partial charge in [0, 0.05) is 6.04 Å². The Hall–Kier alpha value is -0.250. The highest BCUT2D eigenvalue weighted by Crippen LogP contribution is 2.48. The van der Waals surface area contributed by atoms with Crippen LogP contribution >= 0.6 is 6.64 Å². The van der Waals surface area contributed by atoms with Crippen LogP contribution in [0.5, 0.6) is 0 Å². The summed E-state index contributed by atoms with van der Waals surface area (Å²) in [4.78, 5) is 0. The first-order valence-corrected chi connectivity index (χ1v) is 8.06. The van der Waals surface area contributed by atoms with Crippen LogP contribution in [0, 0.1) is 0 Å². The van der Waals surface area contributed by atoms with Gasteiger partial charge in [-0.05, 0) is 30.7 Å². The summed E-state index contributed by atoms with van der Waals surface area (Å²) in [6, 6.07) is 10.6. The molecule has 0 radical (unpaired) electrons. The third-order valence-corrected chi connectivity index (χ3v) is 5.13. The summed E-state index contributed by atoms with van der Waals surface area (Å²) >= 11 is 5.31. The van der Waals surface area contributed by atoms with Crippen molar-refractivity contribution in [2.45, 2.75) is 19.4 Å². The van der Waals surface area contributed by atoms with E-state index in [1.54, 1.807) is 0 Å². The van der Waals surface area contributed by atoms with Gasteiger partial charge in [0.05, 0.1) is 13.2 Å². The molecule has 2 rings (SSSR count). The van der Waals surface area contributed by atoms with E-state index in [9.17, 15) is 0 Å². The van der Waals surface area contributed by atoms with Gasteiger partial charge in [0.15, 0.2) is 0 Å². The summed E-state index contributed by atoms with van der Waals surface area (Å²) in [5.74, 6) is 0. The predicted octanol–water partition coefficient (Wildman–Crippen LogP) is 2.48. The molecule has 0 spiro atoms. The zero-order valence-corrected chi connectivity index (χ0v) is 11.0. The molecule has 0 aliphatic carbocycles. The smallest absolute Gasteiger partial charge is 0.261 e. The molecule has 1 aliphatic rings. The zero-order valence-electron chi connectivity index (χ0n) is 9.26. The molecule has 1 heterocycles. The first-order chi connectivity index (χ1) is 7.72. The third kappa shape index (κ3) is 3.12. The zero-order chi connectivity index (χ0) is 11.4. The molecule has 1 fully saturated rings. The molecule has 1 saturated heterocycles. The summed E-state index contributed by atoms with van der Waals surface area (Å²) in [5.41, 5.74) is 1.29. The van der Waals surface area contributed by atoms with Crippen molar-refractivity contribution in [1.29, 1.82) is 0 Å². The van der Waals surface area contributed by atoms with Crippen LogP contribution in [0.25, 0.3) is 0 Å². The second-order valence-corrected chi connectivity index (χ2v) is 6.94. The van der Waals surface area contributed by atoms with E-state index in [4.69, 9.17) is 20.9 Å². The lowest BCUT2D eigenvalue weighted by Crippen LogP contribution is -2.24. The average Bonchev–Trinajstić information content (AvgIpc) is 2.62. The van der Waals surface area contributed by atoms with E-state index in [0.29, 0.717) is 13.2 Å². The lowest BCUT2D eigenvalue weighted by molar-refractivity contribution is 0.278. The summed E-state index contributed by atoms with van der Waals surface area (Å²) in [7, 11) is 0. The second kappa shape index (κ2) is 5.39. The van der Waals surface area contributed by atoms with Gasteiger partial charge < -0.3 is 9.05 Å². The van der Waals surface area contributed by atoms with Crippen molar-refractivity contribution in [1.82, 2.24) is 5.09 Å².